The molecule has 156 valence electrons. The minimum atomic E-state index is -0.697. The summed E-state index contributed by atoms with van der Waals surface area (Å²) in [5, 5.41) is 8.44. The summed E-state index contributed by atoms with van der Waals surface area (Å²) in [6.45, 7) is 5.62. The van der Waals surface area contributed by atoms with Gasteiger partial charge in [0.25, 0.3) is 0 Å². The van der Waals surface area contributed by atoms with Crippen LogP contribution in [0.2, 0.25) is 0 Å². The molecule has 2 atom stereocenters. The molecule has 0 aromatic heterocycles. The van der Waals surface area contributed by atoms with Gasteiger partial charge in [-0.3, -0.25) is 4.79 Å². The Bertz CT molecular complexity index is 824. The number of hydrogen-bond acceptors (Lipinski definition) is 4. The van der Waals surface area contributed by atoms with E-state index in [-0.39, 0.29) is 17.9 Å². The summed E-state index contributed by atoms with van der Waals surface area (Å²) in [4.78, 5) is 25.2. The number of amides is 3. The van der Waals surface area contributed by atoms with E-state index in [2.05, 4.69) is 16.0 Å². The van der Waals surface area contributed by atoms with Crippen molar-refractivity contribution in [3.8, 4) is 11.5 Å². The average Bonchev–Trinajstić information content (AvgIpc) is 2.71. The number of hydrogen-bond donors (Lipinski definition) is 3. The maximum atomic E-state index is 12.9. The smallest absolute Gasteiger partial charge is 0.319 e. The first kappa shape index (κ1) is 22.1. The molecular weight excluding hydrogens is 370 g/mol. The number of methoxy groups -OCH3 is 2. The van der Waals surface area contributed by atoms with E-state index in [1.165, 1.54) is 0 Å². The van der Waals surface area contributed by atoms with E-state index >= 15 is 0 Å². The Labute approximate surface area is 171 Å². The molecule has 0 aliphatic heterocycles. The Morgan fingerprint density at radius 1 is 0.897 bits per heavy atom. The van der Waals surface area contributed by atoms with E-state index < -0.39 is 12.1 Å². The molecule has 2 unspecified atom stereocenters. The largest absolute Gasteiger partial charge is 0.497 e. The van der Waals surface area contributed by atoms with E-state index in [0.717, 1.165) is 5.56 Å². The highest BCUT2D eigenvalue weighted by atomic mass is 16.5. The van der Waals surface area contributed by atoms with Crippen LogP contribution in [0.25, 0.3) is 0 Å². The Hall–Kier alpha value is -3.22. The zero-order valence-corrected chi connectivity index (χ0v) is 17.5. The van der Waals surface area contributed by atoms with Crippen molar-refractivity contribution >= 4 is 17.6 Å². The third kappa shape index (κ3) is 6.14. The standard InChI is InChI=1S/C22H29N3O4/c1-14(2)20(25-22(27)24-16-9-7-6-8-10-16)21(26)23-15(3)18-13-17(28-4)11-12-19(18)29-5/h6-15,20H,1-5H3,(H,23,26)(H2,24,25,27). The number of carbonyl (C=O) groups is 2. The first-order valence-electron chi connectivity index (χ1n) is 9.50. The minimum Gasteiger partial charge on any atom is -0.497 e. The first-order chi connectivity index (χ1) is 13.8. The molecule has 0 aliphatic rings. The first-order valence-corrected chi connectivity index (χ1v) is 9.50. The summed E-state index contributed by atoms with van der Waals surface area (Å²) in [5.74, 6) is 0.939. The Balaban J connectivity index is 2.08. The van der Waals surface area contributed by atoms with Crippen molar-refractivity contribution in [1.82, 2.24) is 10.6 Å². The van der Waals surface area contributed by atoms with Crippen LogP contribution in [0.15, 0.2) is 48.5 Å². The molecule has 0 radical (unpaired) electrons. The van der Waals surface area contributed by atoms with Gasteiger partial charge in [-0.25, -0.2) is 4.79 Å². The highest BCUT2D eigenvalue weighted by Gasteiger charge is 2.26. The van der Waals surface area contributed by atoms with Gasteiger partial charge in [-0.2, -0.15) is 0 Å². The van der Waals surface area contributed by atoms with Crippen LogP contribution in [0.5, 0.6) is 11.5 Å². The lowest BCUT2D eigenvalue weighted by Gasteiger charge is -2.25. The molecule has 2 aromatic rings. The third-order valence-electron chi connectivity index (χ3n) is 4.53. The van der Waals surface area contributed by atoms with Crippen molar-refractivity contribution in [2.24, 2.45) is 5.92 Å². The van der Waals surface area contributed by atoms with Crippen LogP contribution in [0.3, 0.4) is 0 Å². The van der Waals surface area contributed by atoms with Crippen molar-refractivity contribution in [1.29, 1.82) is 0 Å². The maximum absolute atomic E-state index is 12.9. The molecule has 0 saturated carbocycles. The van der Waals surface area contributed by atoms with Crippen molar-refractivity contribution < 1.29 is 19.1 Å². The monoisotopic (exact) mass is 399 g/mol. The summed E-state index contributed by atoms with van der Waals surface area (Å²) < 4.78 is 10.7. The molecule has 0 heterocycles. The highest BCUT2D eigenvalue weighted by molar-refractivity contribution is 5.93. The van der Waals surface area contributed by atoms with E-state index in [9.17, 15) is 9.59 Å². The Kier molecular flexibility index (Phi) is 7.88. The number of para-hydroxylation sites is 1. The summed E-state index contributed by atoms with van der Waals surface area (Å²) in [6, 6.07) is 13.0. The van der Waals surface area contributed by atoms with Gasteiger partial charge in [-0.15, -0.1) is 0 Å². The van der Waals surface area contributed by atoms with Crippen LogP contribution in [-0.4, -0.2) is 32.2 Å². The van der Waals surface area contributed by atoms with E-state index in [1.54, 1.807) is 38.5 Å². The molecule has 7 nitrogen and oxygen atoms in total. The highest BCUT2D eigenvalue weighted by Crippen LogP contribution is 2.29. The number of carbonyl (C=O) groups excluding carboxylic acids is 2. The lowest BCUT2D eigenvalue weighted by atomic mass is 10.0. The summed E-state index contributed by atoms with van der Waals surface area (Å²) >= 11 is 0. The molecular formula is C22H29N3O4. The zero-order valence-electron chi connectivity index (χ0n) is 17.5. The zero-order chi connectivity index (χ0) is 21.4. The van der Waals surface area contributed by atoms with E-state index in [4.69, 9.17) is 9.47 Å². The van der Waals surface area contributed by atoms with Crippen LogP contribution >= 0.6 is 0 Å². The fourth-order valence-electron chi connectivity index (χ4n) is 2.92. The van der Waals surface area contributed by atoms with Gasteiger partial charge >= 0.3 is 6.03 Å². The second kappa shape index (κ2) is 10.4. The molecule has 0 fully saturated rings. The number of anilines is 1. The van der Waals surface area contributed by atoms with Crippen molar-refractivity contribution in [3.63, 3.8) is 0 Å². The maximum Gasteiger partial charge on any atom is 0.319 e. The van der Waals surface area contributed by atoms with Crippen LogP contribution in [0.1, 0.15) is 32.4 Å². The van der Waals surface area contributed by atoms with Gasteiger partial charge in [0.1, 0.15) is 17.5 Å². The van der Waals surface area contributed by atoms with Gasteiger partial charge in [0.05, 0.1) is 20.3 Å². The molecule has 2 rings (SSSR count). The minimum absolute atomic E-state index is 0.101. The fraction of sp³-hybridized carbons (Fsp3) is 0.364. The second-order valence-electron chi connectivity index (χ2n) is 7.02. The van der Waals surface area contributed by atoms with Gasteiger partial charge in [-0.1, -0.05) is 32.0 Å². The lowest BCUT2D eigenvalue weighted by Crippen LogP contribution is -2.51. The van der Waals surface area contributed by atoms with Gasteiger partial charge < -0.3 is 25.4 Å². The van der Waals surface area contributed by atoms with Crippen molar-refractivity contribution in [2.75, 3.05) is 19.5 Å². The van der Waals surface area contributed by atoms with Crippen molar-refractivity contribution in [3.05, 3.63) is 54.1 Å². The molecule has 7 heteroatoms. The molecule has 0 bridgehead atoms. The van der Waals surface area contributed by atoms with E-state index in [1.807, 2.05) is 45.0 Å². The third-order valence-corrected chi connectivity index (χ3v) is 4.53. The fourth-order valence-corrected chi connectivity index (χ4v) is 2.92. The van der Waals surface area contributed by atoms with Crippen molar-refractivity contribution in [2.45, 2.75) is 32.9 Å². The number of nitrogens with one attached hydrogen (secondary N) is 3. The number of urea groups is 1. The van der Waals surface area contributed by atoms with E-state index in [0.29, 0.717) is 17.2 Å². The second-order valence-corrected chi connectivity index (χ2v) is 7.02. The molecule has 3 amide bonds. The summed E-state index contributed by atoms with van der Waals surface area (Å²) in [5.41, 5.74) is 1.44. The quantitative estimate of drug-likeness (QED) is 0.631. The summed E-state index contributed by atoms with van der Waals surface area (Å²) in [7, 11) is 3.16. The summed E-state index contributed by atoms with van der Waals surface area (Å²) in [6.07, 6.45) is 0. The topological polar surface area (TPSA) is 88.7 Å². The predicted molar refractivity (Wildman–Crippen MR) is 113 cm³/mol. The van der Waals surface area contributed by atoms with Gasteiger partial charge in [0, 0.05) is 11.3 Å². The SMILES string of the molecule is COc1ccc(OC)c(C(C)NC(=O)C(NC(=O)Nc2ccccc2)C(C)C)c1. The molecule has 0 aliphatic carbocycles. The Morgan fingerprint density at radius 2 is 1.59 bits per heavy atom. The Morgan fingerprint density at radius 3 is 2.17 bits per heavy atom. The van der Waals surface area contributed by atoms with Crippen LogP contribution < -0.4 is 25.4 Å². The molecule has 29 heavy (non-hydrogen) atoms. The number of benzene rings is 2. The average molecular weight is 399 g/mol. The molecule has 2 aromatic carbocycles. The molecule has 3 N–H and O–H groups in total. The number of ether oxygens (including phenoxy) is 2. The van der Waals surface area contributed by atoms with Gasteiger partial charge in [0.2, 0.25) is 5.91 Å². The number of rotatable bonds is 8. The normalized spacial score (nSPS) is 12.6. The van der Waals surface area contributed by atoms with Crippen LogP contribution in [0.4, 0.5) is 10.5 Å². The van der Waals surface area contributed by atoms with Gasteiger partial charge in [-0.05, 0) is 43.2 Å². The van der Waals surface area contributed by atoms with Crippen LogP contribution in [0, 0.1) is 5.92 Å². The molecule has 0 saturated heterocycles. The van der Waals surface area contributed by atoms with Gasteiger partial charge in [0.15, 0.2) is 0 Å². The molecule has 0 spiro atoms. The lowest BCUT2D eigenvalue weighted by molar-refractivity contribution is -0.124. The van der Waals surface area contributed by atoms with Crippen LogP contribution in [-0.2, 0) is 4.79 Å². The predicted octanol–water partition coefficient (Wildman–Crippen LogP) is 3.73.